The van der Waals surface area contributed by atoms with Crippen LogP contribution < -0.4 is 19.7 Å². The van der Waals surface area contributed by atoms with Gasteiger partial charge in [0.15, 0.2) is 0 Å². The van der Waals surface area contributed by atoms with E-state index in [1.54, 1.807) is 39.1 Å². The number of ether oxygens (including phenoxy) is 3. The van der Waals surface area contributed by atoms with Crippen LogP contribution in [0.1, 0.15) is 34.6 Å². The third-order valence-corrected chi connectivity index (χ3v) is 3.72. The molecule has 1 atom stereocenters. The molecule has 29 heavy (non-hydrogen) atoms. The van der Waals surface area contributed by atoms with Crippen LogP contribution >= 0.6 is 0 Å². The summed E-state index contributed by atoms with van der Waals surface area (Å²) < 4.78 is 16.5. The van der Waals surface area contributed by atoms with Crippen molar-refractivity contribution in [1.29, 1.82) is 0 Å². The lowest BCUT2D eigenvalue weighted by molar-refractivity contribution is -0.127. The van der Waals surface area contributed by atoms with Gasteiger partial charge in [0.1, 0.15) is 30.3 Å². The lowest BCUT2D eigenvalue weighted by Gasteiger charge is -2.23. The second-order valence-electron chi connectivity index (χ2n) is 8.26. The third-order valence-electron chi connectivity index (χ3n) is 3.72. The number of carbonyl (C=O) groups is 2. The highest BCUT2D eigenvalue weighted by molar-refractivity contribution is 5.99. The van der Waals surface area contributed by atoms with Gasteiger partial charge in [-0.05, 0) is 46.8 Å². The lowest BCUT2D eigenvalue weighted by atomic mass is 10.1. The van der Waals surface area contributed by atoms with E-state index in [9.17, 15) is 14.7 Å². The number of fused-ring (bicyclic) bond motifs is 1. The largest absolute Gasteiger partial charge is 0.487 e. The highest BCUT2D eigenvalue weighted by Gasteiger charge is 2.33. The molecule has 0 saturated heterocycles. The van der Waals surface area contributed by atoms with E-state index in [1.165, 1.54) is 4.90 Å². The van der Waals surface area contributed by atoms with Crippen LogP contribution in [0.15, 0.2) is 18.2 Å². The zero-order valence-electron chi connectivity index (χ0n) is 17.7. The molecule has 1 aromatic rings. The summed E-state index contributed by atoms with van der Waals surface area (Å²) in [6.45, 7) is 8.60. The molecule has 1 heterocycles. The van der Waals surface area contributed by atoms with E-state index in [2.05, 4.69) is 17.2 Å². The van der Waals surface area contributed by atoms with Gasteiger partial charge in [0, 0.05) is 18.7 Å². The Labute approximate surface area is 171 Å². The average Bonchev–Trinajstić information content (AvgIpc) is 2.69. The minimum absolute atomic E-state index is 0.0833. The minimum atomic E-state index is -1.09. The molecule has 0 unspecified atom stereocenters. The van der Waals surface area contributed by atoms with Crippen LogP contribution in [-0.2, 0) is 9.53 Å². The van der Waals surface area contributed by atoms with Crippen molar-refractivity contribution >= 4 is 17.7 Å². The molecule has 1 aromatic carbocycles. The number of hydrogen-bond acceptors (Lipinski definition) is 6. The van der Waals surface area contributed by atoms with Crippen LogP contribution in [0.3, 0.4) is 0 Å². The Morgan fingerprint density at radius 1 is 1.34 bits per heavy atom. The van der Waals surface area contributed by atoms with Gasteiger partial charge in [0.05, 0.1) is 5.69 Å². The summed E-state index contributed by atoms with van der Waals surface area (Å²) in [5.74, 6) is 5.94. The number of aliphatic hydroxyl groups is 1. The topological polar surface area (TPSA) is 97.3 Å². The first-order chi connectivity index (χ1) is 13.4. The van der Waals surface area contributed by atoms with Crippen molar-refractivity contribution in [2.45, 2.75) is 51.9 Å². The zero-order chi connectivity index (χ0) is 21.8. The summed E-state index contributed by atoms with van der Waals surface area (Å²) in [5.41, 5.74) is -1.09. The van der Waals surface area contributed by atoms with Crippen LogP contribution in [0.4, 0.5) is 10.5 Å². The molecule has 0 spiro atoms. The lowest BCUT2D eigenvalue weighted by Crippen LogP contribution is -2.46. The number of carbonyl (C=O) groups excluding carboxylic acids is 2. The highest BCUT2D eigenvalue weighted by Crippen LogP contribution is 2.34. The maximum atomic E-state index is 12.7. The molecule has 0 aliphatic carbocycles. The third kappa shape index (κ3) is 6.88. The second-order valence-corrected chi connectivity index (χ2v) is 8.26. The fourth-order valence-corrected chi connectivity index (χ4v) is 2.46. The van der Waals surface area contributed by atoms with Crippen molar-refractivity contribution in [2.24, 2.45) is 0 Å². The fourth-order valence-electron chi connectivity index (χ4n) is 2.46. The number of nitrogens with zero attached hydrogens (tertiary/aromatic N) is 1. The van der Waals surface area contributed by atoms with Crippen LogP contribution in [0.2, 0.25) is 0 Å². The summed E-state index contributed by atoms with van der Waals surface area (Å²) in [6.07, 6.45) is -1.76. The van der Waals surface area contributed by atoms with Gasteiger partial charge >= 0.3 is 6.09 Å². The van der Waals surface area contributed by atoms with Crippen LogP contribution in [0, 0.1) is 11.8 Å². The van der Waals surface area contributed by atoms with Gasteiger partial charge in [0.25, 0.3) is 5.91 Å². The van der Waals surface area contributed by atoms with E-state index >= 15 is 0 Å². The van der Waals surface area contributed by atoms with Crippen LogP contribution in [0.25, 0.3) is 0 Å². The first kappa shape index (κ1) is 22.4. The van der Waals surface area contributed by atoms with Gasteiger partial charge in [-0.15, -0.1) is 0 Å². The summed E-state index contributed by atoms with van der Waals surface area (Å²) in [5, 5.41) is 12.2. The van der Waals surface area contributed by atoms with Crippen molar-refractivity contribution in [3.63, 3.8) is 0 Å². The Morgan fingerprint density at radius 3 is 2.66 bits per heavy atom. The summed E-state index contributed by atoms with van der Waals surface area (Å²) in [4.78, 5) is 26.1. The Bertz CT molecular complexity index is 826. The molecule has 2 amide bonds. The summed E-state index contributed by atoms with van der Waals surface area (Å²) >= 11 is 0. The molecular weight excluding hydrogens is 376 g/mol. The first-order valence-corrected chi connectivity index (χ1v) is 9.24. The molecular formula is C21H28N2O6. The number of nitrogens with one attached hydrogen (secondary N) is 1. The number of anilines is 1. The molecule has 1 aliphatic rings. The van der Waals surface area contributed by atoms with Crippen molar-refractivity contribution in [1.82, 2.24) is 5.32 Å². The number of benzene rings is 1. The molecule has 0 saturated carbocycles. The predicted molar refractivity (Wildman–Crippen MR) is 108 cm³/mol. The Morgan fingerprint density at radius 2 is 2.03 bits per heavy atom. The summed E-state index contributed by atoms with van der Waals surface area (Å²) in [6, 6.07) is 5.02. The van der Waals surface area contributed by atoms with Crippen molar-refractivity contribution in [2.75, 3.05) is 25.2 Å². The van der Waals surface area contributed by atoms with Crippen molar-refractivity contribution < 1.29 is 28.9 Å². The standard InChI is InChI=1S/C21H28N2O6/c1-20(2,3)22-19(25)29-17-13-28-16-9-8-14(12-15(16)23(6)18(17)24)27-11-7-10-21(4,5)26/h8-9,12,17,26H,11,13H2,1-6H3,(H,22,25)/t17-/m0/s1. The smallest absolute Gasteiger partial charge is 0.408 e. The number of amides is 2. The average molecular weight is 404 g/mol. The van der Waals surface area contributed by atoms with Crippen molar-refractivity contribution in [3.05, 3.63) is 18.2 Å². The predicted octanol–water partition coefficient (Wildman–Crippen LogP) is 2.09. The van der Waals surface area contributed by atoms with E-state index in [0.29, 0.717) is 17.2 Å². The number of rotatable bonds is 3. The molecule has 8 heteroatoms. The van der Waals surface area contributed by atoms with E-state index in [0.717, 1.165) is 0 Å². The van der Waals surface area contributed by atoms with Gasteiger partial charge < -0.3 is 29.5 Å². The normalized spacial score (nSPS) is 16.6. The molecule has 0 radical (unpaired) electrons. The highest BCUT2D eigenvalue weighted by atomic mass is 16.6. The minimum Gasteiger partial charge on any atom is -0.487 e. The Kier molecular flexibility index (Phi) is 6.65. The summed E-state index contributed by atoms with van der Waals surface area (Å²) in [7, 11) is 1.58. The number of hydrogen-bond donors (Lipinski definition) is 2. The zero-order valence-corrected chi connectivity index (χ0v) is 17.7. The number of likely N-dealkylation sites (N-methyl/N-ethyl adjacent to an activating group) is 1. The van der Waals surface area contributed by atoms with Gasteiger partial charge in [-0.1, -0.05) is 11.8 Å². The van der Waals surface area contributed by atoms with Gasteiger partial charge in [-0.25, -0.2) is 4.79 Å². The molecule has 1 aliphatic heterocycles. The quantitative estimate of drug-likeness (QED) is 0.749. The molecule has 158 valence electrons. The maximum Gasteiger partial charge on any atom is 0.408 e. The number of alkyl carbamates (subject to hydrolysis) is 1. The van der Waals surface area contributed by atoms with Gasteiger partial charge in [-0.2, -0.15) is 0 Å². The first-order valence-electron chi connectivity index (χ1n) is 9.24. The SMILES string of the molecule is CN1C(=O)[C@@H](OC(=O)NC(C)(C)C)COc2ccc(OCC#CC(C)(C)O)cc21. The molecule has 0 bridgehead atoms. The monoisotopic (exact) mass is 404 g/mol. The van der Waals surface area contributed by atoms with Gasteiger partial charge in [0.2, 0.25) is 6.10 Å². The van der Waals surface area contributed by atoms with E-state index in [-0.39, 0.29) is 13.2 Å². The van der Waals surface area contributed by atoms with E-state index in [1.807, 2.05) is 20.8 Å². The molecule has 2 N–H and O–H groups in total. The van der Waals surface area contributed by atoms with Crippen LogP contribution in [-0.4, -0.2) is 54.6 Å². The maximum absolute atomic E-state index is 12.7. The molecule has 8 nitrogen and oxygen atoms in total. The van der Waals surface area contributed by atoms with E-state index in [4.69, 9.17) is 14.2 Å². The Balaban J connectivity index is 2.09. The van der Waals surface area contributed by atoms with Gasteiger partial charge in [-0.3, -0.25) is 4.79 Å². The Hall–Kier alpha value is -2.92. The van der Waals surface area contributed by atoms with Crippen LogP contribution in [0.5, 0.6) is 11.5 Å². The molecule has 2 rings (SSSR count). The van der Waals surface area contributed by atoms with E-state index < -0.39 is 29.2 Å². The molecule has 0 fully saturated rings. The fraction of sp³-hybridized carbons (Fsp3) is 0.524. The van der Waals surface area contributed by atoms with Crippen molar-refractivity contribution in [3.8, 4) is 23.3 Å². The second kappa shape index (κ2) is 8.62. The molecule has 0 aromatic heterocycles.